The highest BCUT2D eigenvalue weighted by molar-refractivity contribution is 7.84. The molecule has 0 amide bonds. The van der Waals surface area contributed by atoms with Crippen LogP contribution in [0.4, 0.5) is 0 Å². The highest BCUT2D eigenvalue weighted by atomic mass is 32.1. The van der Waals surface area contributed by atoms with Gasteiger partial charge in [0, 0.05) is 5.70 Å². The monoisotopic (exact) mass is 185 g/mol. The summed E-state index contributed by atoms with van der Waals surface area (Å²) in [5.74, 6) is 0. The number of rotatable bonds is 5. The van der Waals surface area contributed by atoms with Crippen LogP contribution in [-0.4, -0.2) is 11.3 Å². The maximum Gasteiger partial charge on any atom is 0.124 e. The van der Waals surface area contributed by atoms with E-state index in [1.54, 1.807) is 12.2 Å². The molecule has 0 aromatic rings. The Morgan fingerprint density at radius 2 is 2.17 bits per heavy atom. The molecular weight excluding hydrogens is 170 g/mol. The summed E-state index contributed by atoms with van der Waals surface area (Å²) in [5, 5.41) is 11.9. The third-order valence-electron chi connectivity index (χ3n) is 1.22. The first-order chi connectivity index (χ1) is 5.56. The third kappa shape index (κ3) is 6.07. The Balaban J connectivity index is 3.81. The molecule has 1 unspecified atom stereocenters. The zero-order valence-corrected chi connectivity index (χ0v) is 8.14. The van der Waals surface area contributed by atoms with E-state index in [1.165, 1.54) is 0 Å². The van der Waals surface area contributed by atoms with Crippen LogP contribution < -0.4 is 5.32 Å². The van der Waals surface area contributed by atoms with Crippen LogP contribution in [0.2, 0.25) is 0 Å². The van der Waals surface area contributed by atoms with Crippen LogP contribution in [0.1, 0.15) is 13.3 Å². The van der Waals surface area contributed by atoms with Gasteiger partial charge >= 0.3 is 0 Å². The molecule has 3 heteroatoms. The van der Waals surface area contributed by atoms with Gasteiger partial charge < -0.3 is 10.4 Å². The average Bonchev–Trinajstić information content (AvgIpc) is 2.00. The highest BCUT2D eigenvalue weighted by Gasteiger charge is 1.97. The number of aliphatic hydroxyl groups is 1. The van der Waals surface area contributed by atoms with E-state index in [4.69, 9.17) is 5.11 Å². The van der Waals surface area contributed by atoms with Crippen molar-refractivity contribution in [3.05, 3.63) is 35.9 Å². The van der Waals surface area contributed by atoms with Gasteiger partial charge in [-0.05, 0) is 23.5 Å². The highest BCUT2D eigenvalue weighted by Crippen LogP contribution is 2.00. The molecule has 0 aliphatic rings. The molecule has 0 saturated carbocycles. The molecule has 12 heavy (non-hydrogen) atoms. The van der Waals surface area contributed by atoms with Crippen molar-refractivity contribution in [1.82, 2.24) is 5.32 Å². The number of hydrogen-bond donors (Lipinski definition) is 3. The van der Waals surface area contributed by atoms with Crippen LogP contribution >= 0.6 is 12.6 Å². The molecule has 0 aliphatic carbocycles. The Bertz CT molecular complexity index is 199. The predicted octanol–water partition coefficient (Wildman–Crippen LogP) is 1.82. The lowest BCUT2D eigenvalue weighted by molar-refractivity contribution is 0.146. The molecule has 1 atom stereocenters. The van der Waals surface area contributed by atoms with Crippen molar-refractivity contribution in [2.45, 2.75) is 19.6 Å². The van der Waals surface area contributed by atoms with Crippen molar-refractivity contribution in [3.8, 4) is 0 Å². The first-order valence-electron chi connectivity index (χ1n) is 3.75. The van der Waals surface area contributed by atoms with Gasteiger partial charge in [0.2, 0.25) is 0 Å². The predicted molar refractivity (Wildman–Crippen MR) is 55.8 cm³/mol. The Hall–Kier alpha value is -0.670. The first kappa shape index (κ1) is 11.3. The second kappa shape index (κ2) is 5.91. The lowest BCUT2D eigenvalue weighted by Gasteiger charge is -2.10. The van der Waals surface area contributed by atoms with Gasteiger partial charge in [-0.2, -0.15) is 0 Å². The van der Waals surface area contributed by atoms with Crippen molar-refractivity contribution in [3.63, 3.8) is 0 Å². The molecule has 0 aromatic carbocycles. The molecule has 0 fully saturated rings. The number of aliphatic hydroxyl groups excluding tert-OH is 1. The summed E-state index contributed by atoms with van der Waals surface area (Å²) < 4.78 is 0. The second-order valence-electron chi connectivity index (χ2n) is 2.42. The molecule has 2 nitrogen and oxygen atoms in total. The van der Waals surface area contributed by atoms with Gasteiger partial charge in [0.25, 0.3) is 0 Å². The minimum Gasteiger partial charge on any atom is -0.374 e. The molecule has 0 spiro atoms. The minimum absolute atomic E-state index is 0.532. The molecule has 0 rings (SSSR count). The van der Waals surface area contributed by atoms with Crippen LogP contribution in [0.5, 0.6) is 0 Å². The van der Waals surface area contributed by atoms with E-state index in [0.29, 0.717) is 17.0 Å². The molecular formula is C9H15NOS. The molecule has 68 valence electrons. The maximum atomic E-state index is 9.15. The fourth-order valence-corrected chi connectivity index (χ4v) is 0.636. The Morgan fingerprint density at radius 1 is 1.58 bits per heavy atom. The van der Waals surface area contributed by atoms with Crippen molar-refractivity contribution in [2.75, 3.05) is 0 Å². The van der Waals surface area contributed by atoms with Gasteiger partial charge in [0.15, 0.2) is 0 Å². The Labute approximate surface area is 79.1 Å². The van der Waals surface area contributed by atoms with Crippen molar-refractivity contribution in [2.24, 2.45) is 0 Å². The number of nitrogens with one attached hydrogen (secondary N) is 1. The summed E-state index contributed by atoms with van der Waals surface area (Å²) >= 11 is 3.97. The lowest BCUT2D eigenvalue weighted by Crippen LogP contribution is -2.25. The first-order valence-corrected chi connectivity index (χ1v) is 4.20. The van der Waals surface area contributed by atoms with E-state index < -0.39 is 6.23 Å². The summed E-state index contributed by atoms with van der Waals surface area (Å²) in [5.41, 5.74) is 0.652. The summed E-state index contributed by atoms with van der Waals surface area (Å²) in [6, 6.07) is 0. The summed E-state index contributed by atoms with van der Waals surface area (Å²) in [4.78, 5) is 0.656. The van der Waals surface area contributed by atoms with E-state index >= 15 is 0 Å². The van der Waals surface area contributed by atoms with Crippen LogP contribution in [0.15, 0.2) is 35.9 Å². The minimum atomic E-state index is -0.532. The zero-order valence-electron chi connectivity index (χ0n) is 7.25. The third-order valence-corrected chi connectivity index (χ3v) is 1.36. The molecule has 0 saturated heterocycles. The van der Waals surface area contributed by atoms with Gasteiger partial charge in [-0.3, -0.25) is 0 Å². The van der Waals surface area contributed by atoms with Gasteiger partial charge in [0.05, 0.1) is 0 Å². The van der Waals surface area contributed by atoms with E-state index in [0.717, 1.165) is 0 Å². The summed E-state index contributed by atoms with van der Waals surface area (Å²) in [7, 11) is 0. The SMILES string of the molecule is C=C(S)/C=C\C(=C)NC(O)CC. The largest absolute Gasteiger partial charge is 0.374 e. The van der Waals surface area contributed by atoms with Crippen molar-refractivity contribution in [1.29, 1.82) is 0 Å². The summed E-state index contributed by atoms with van der Waals surface area (Å²) in [6.45, 7) is 9.14. The standard InChI is InChI=1S/C9H15NOS/c1-4-9(11)10-7(2)5-6-8(3)12/h5-6,9-12H,2-4H2,1H3/b6-5-. The van der Waals surface area contributed by atoms with Gasteiger partial charge in [0.1, 0.15) is 6.23 Å². The molecule has 0 aliphatic heterocycles. The van der Waals surface area contributed by atoms with Crippen LogP contribution in [0, 0.1) is 0 Å². The van der Waals surface area contributed by atoms with Crippen LogP contribution in [-0.2, 0) is 0 Å². The quantitative estimate of drug-likeness (QED) is 0.347. The number of hydrogen-bond acceptors (Lipinski definition) is 3. The Kier molecular flexibility index (Phi) is 5.58. The second-order valence-corrected chi connectivity index (χ2v) is 2.99. The topological polar surface area (TPSA) is 32.3 Å². The molecule has 0 radical (unpaired) electrons. The van der Waals surface area contributed by atoms with Gasteiger partial charge in [-0.25, -0.2) is 0 Å². The Morgan fingerprint density at radius 3 is 2.58 bits per heavy atom. The van der Waals surface area contributed by atoms with E-state index in [-0.39, 0.29) is 0 Å². The maximum absolute atomic E-state index is 9.15. The molecule has 2 N–H and O–H groups in total. The molecule has 0 heterocycles. The number of thiol groups is 1. The number of allylic oxidation sites excluding steroid dienone is 2. The fourth-order valence-electron chi connectivity index (χ4n) is 0.561. The summed E-state index contributed by atoms with van der Waals surface area (Å²) in [6.07, 6.45) is 3.54. The van der Waals surface area contributed by atoms with Crippen molar-refractivity contribution < 1.29 is 5.11 Å². The van der Waals surface area contributed by atoms with E-state index in [1.807, 2.05) is 6.92 Å². The van der Waals surface area contributed by atoms with Gasteiger partial charge in [-0.1, -0.05) is 20.1 Å². The van der Waals surface area contributed by atoms with E-state index in [2.05, 4.69) is 31.1 Å². The molecule has 0 bridgehead atoms. The van der Waals surface area contributed by atoms with E-state index in [9.17, 15) is 0 Å². The van der Waals surface area contributed by atoms with Crippen LogP contribution in [0.25, 0.3) is 0 Å². The smallest absolute Gasteiger partial charge is 0.124 e. The van der Waals surface area contributed by atoms with Crippen molar-refractivity contribution >= 4 is 12.6 Å². The molecule has 0 aromatic heterocycles. The average molecular weight is 185 g/mol. The normalized spacial score (nSPS) is 12.9. The fraction of sp³-hybridized carbons (Fsp3) is 0.333. The zero-order chi connectivity index (χ0) is 9.56. The van der Waals surface area contributed by atoms with Gasteiger partial charge in [-0.15, -0.1) is 12.6 Å². The lowest BCUT2D eigenvalue weighted by atomic mass is 10.3. The van der Waals surface area contributed by atoms with Crippen LogP contribution in [0.3, 0.4) is 0 Å².